The van der Waals surface area contributed by atoms with Crippen LogP contribution in [-0.4, -0.2) is 5.91 Å². The third-order valence-corrected chi connectivity index (χ3v) is 2.83. The number of allylic oxidation sites excluding steroid dienone is 2. The van der Waals surface area contributed by atoms with Crippen molar-refractivity contribution in [3.05, 3.63) is 89.5 Å². The molecular weight excluding hydrogens is 272 g/mol. The zero-order chi connectivity index (χ0) is 15.2. The largest absolute Gasteiger partial charge is 0.366 e. The molecule has 0 aromatic heterocycles. The summed E-state index contributed by atoms with van der Waals surface area (Å²) in [4.78, 5) is 10.8. The van der Waals surface area contributed by atoms with Gasteiger partial charge in [-0.05, 0) is 41.0 Å². The Morgan fingerprint density at radius 1 is 0.857 bits per heavy atom. The fraction of sp³-hybridized carbons (Fsp3) is 0. The van der Waals surface area contributed by atoms with E-state index in [1.165, 1.54) is 36.4 Å². The van der Waals surface area contributed by atoms with Crippen LogP contribution >= 0.6 is 0 Å². The molecule has 0 fully saturated rings. The van der Waals surface area contributed by atoms with E-state index in [0.29, 0.717) is 0 Å². The topological polar surface area (TPSA) is 43.1 Å². The van der Waals surface area contributed by atoms with Crippen molar-refractivity contribution >= 4 is 11.5 Å². The van der Waals surface area contributed by atoms with E-state index in [-0.39, 0.29) is 11.6 Å². The summed E-state index contributed by atoms with van der Waals surface area (Å²) in [5.74, 6) is -1.25. The van der Waals surface area contributed by atoms with E-state index in [1.807, 2.05) is 0 Å². The standard InChI is InChI=1S/C17H13F2NO/c18-14-8-4-12(5-9-14)16(2-1-3-17(20)21)13-6-10-15(19)11-7-13/h1-11H,(H2,20,21)/b3-1-. The van der Waals surface area contributed by atoms with E-state index in [2.05, 4.69) is 0 Å². The van der Waals surface area contributed by atoms with Crippen molar-refractivity contribution in [1.29, 1.82) is 0 Å². The molecule has 0 atom stereocenters. The average molecular weight is 285 g/mol. The van der Waals surface area contributed by atoms with Crippen LogP contribution in [0.15, 0.2) is 66.8 Å². The zero-order valence-corrected chi connectivity index (χ0v) is 11.1. The molecule has 2 nitrogen and oxygen atoms in total. The molecule has 0 aliphatic carbocycles. The van der Waals surface area contributed by atoms with Gasteiger partial charge >= 0.3 is 0 Å². The van der Waals surface area contributed by atoms with Crippen LogP contribution in [0.3, 0.4) is 0 Å². The lowest BCUT2D eigenvalue weighted by Crippen LogP contribution is -2.05. The van der Waals surface area contributed by atoms with Crippen LogP contribution in [0.4, 0.5) is 8.78 Å². The number of rotatable bonds is 4. The molecule has 2 rings (SSSR count). The lowest BCUT2D eigenvalue weighted by atomic mass is 9.97. The third-order valence-electron chi connectivity index (χ3n) is 2.83. The zero-order valence-electron chi connectivity index (χ0n) is 11.1. The first kappa shape index (κ1) is 14.7. The number of amides is 1. The molecule has 0 heterocycles. The molecule has 0 aliphatic rings. The monoisotopic (exact) mass is 285 g/mol. The van der Waals surface area contributed by atoms with Crippen molar-refractivity contribution in [2.45, 2.75) is 0 Å². The van der Waals surface area contributed by atoms with E-state index >= 15 is 0 Å². The summed E-state index contributed by atoms with van der Waals surface area (Å²) in [5.41, 5.74) is 7.27. The van der Waals surface area contributed by atoms with Gasteiger partial charge in [-0.25, -0.2) is 8.78 Å². The lowest BCUT2D eigenvalue weighted by Gasteiger charge is -2.08. The highest BCUT2D eigenvalue weighted by molar-refractivity contribution is 5.87. The van der Waals surface area contributed by atoms with Crippen LogP contribution < -0.4 is 5.73 Å². The number of halogens is 2. The SMILES string of the molecule is NC(=O)/C=C\C=C(c1ccc(F)cc1)c1ccc(F)cc1. The van der Waals surface area contributed by atoms with Gasteiger partial charge in [-0.1, -0.05) is 36.4 Å². The van der Waals surface area contributed by atoms with Crippen LogP contribution in [0.1, 0.15) is 11.1 Å². The van der Waals surface area contributed by atoms with Crippen molar-refractivity contribution < 1.29 is 13.6 Å². The summed E-state index contributed by atoms with van der Waals surface area (Å²) >= 11 is 0. The molecule has 0 saturated carbocycles. The van der Waals surface area contributed by atoms with E-state index in [4.69, 9.17) is 5.73 Å². The minimum atomic E-state index is -0.566. The first-order valence-corrected chi connectivity index (χ1v) is 6.26. The summed E-state index contributed by atoms with van der Waals surface area (Å²) in [5, 5.41) is 0. The second-order valence-electron chi connectivity index (χ2n) is 4.36. The van der Waals surface area contributed by atoms with E-state index < -0.39 is 5.91 Å². The van der Waals surface area contributed by atoms with Gasteiger partial charge in [0, 0.05) is 6.08 Å². The van der Waals surface area contributed by atoms with Crippen molar-refractivity contribution in [2.75, 3.05) is 0 Å². The van der Waals surface area contributed by atoms with Gasteiger partial charge in [-0.2, -0.15) is 0 Å². The van der Waals surface area contributed by atoms with Crippen LogP contribution in [0.5, 0.6) is 0 Å². The Morgan fingerprint density at radius 2 is 1.29 bits per heavy atom. The quantitative estimate of drug-likeness (QED) is 0.678. The minimum Gasteiger partial charge on any atom is -0.366 e. The molecule has 106 valence electrons. The van der Waals surface area contributed by atoms with Crippen LogP contribution in [0.2, 0.25) is 0 Å². The molecule has 4 heteroatoms. The highest BCUT2D eigenvalue weighted by Gasteiger charge is 2.05. The van der Waals surface area contributed by atoms with E-state index in [1.54, 1.807) is 30.3 Å². The Labute approximate surface area is 121 Å². The molecule has 0 spiro atoms. The number of carbonyl (C=O) groups is 1. The van der Waals surface area contributed by atoms with Crippen LogP contribution in [-0.2, 0) is 4.79 Å². The Morgan fingerprint density at radius 3 is 1.67 bits per heavy atom. The fourth-order valence-electron chi connectivity index (χ4n) is 1.86. The average Bonchev–Trinajstić information content (AvgIpc) is 2.46. The maximum Gasteiger partial charge on any atom is 0.241 e. The molecule has 2 aromatic carbocycles. The first-order valence-electron chi connectivity index (χ1n) is 6.26. The maximum atomic E-state index is 13.0. The minimum absolute atomic E-state index is 0.343. The molecule has 21 heavy (non-hydrogen) atoms. The predicted octanol–water partition coefficient (Wildman–Crippen LogP) is 3.44. The van der Waals surface area contributed by atoms with Crippen LogP contribution in [0.25, 0.3) is 5.57 Å². The van der Waals surface area contributed by atoms with Crippen molar-refractivity contribution in [3.8, 4) is 0 Å². The first-order chi connectivity index (χ1) is 10.1. The van der Waals surface area contributed by atoms with E-state index in [0.717, 1.165) is 16.7 Å². The molecule has 0 radical (unpaired) electrons. The Hall–Kier alpha value is -2.75. The highest BCUT2D eigenvalue weighted by Crippen LogP contribution is 2.24. The van der Waals surface area contributed by atoms with Gasteiger partial charge < -0.3 is 5.73 Å². The summed E-state index contributed by atoms with van der Waals surface area (Å²) in [6.45, 7) is 0. The maximum absolute atomic E-state index is 13.0. The molecule has 2 N–H and O–H groups in total. The Bertz CT molecular complexity index is 638. The lowest BCUT2D eigenvalue weighted by molar-refractivity contribution is -0.113. The van der Waals surface area contributed by atoms with Crippen molar-refractivity contribution in [3.63, 3.8) is 0 Å². The van der Waals surface area contributed by atoms with Crippen LogP contribution in [0, 0.1) is 11.6 Å². The smallest absolute Gasteiger partial charge is 0.241 e. The Balaban J connectivity index is 2.45. The predicted molar refractivity (Wildman–Crippen MR) is 78.2 cm³/mol. The summed E-state index contributed by atoms with van der Waals surface area (Å²) < 4.78 is 26.0. The molecule has 0 saturated heterocycles. The van der Waals surface area contributed by atoms with Gasteiger partial charge in [0.15, 0.2) is 0 Å². The fourth-order valence-corrected chi connectivity index (χ4v) is 1.86. The molecule has 2 aromatic rings. The molecule has 0 aliphatic heterocycles. The molecule has 1 amide bonds. The highest BCUT2D eigenvalue weighted by atomic mass is 19.1. The number of hydrogen-bond donors (Lipinski definition) is 1. The third kappa shape index (κ3) is 4.11. The second-order valence-corrected chi connectivity index (χ2v) is 4.36. The van der Waals surface area contributed by atoms with Gasteiger partial charge in [-0.15, -0.1) is 0 Å². The summed E-state index contributed by atoms with van der Waals surface area (Å²) in [6.07, 6.45) is 4.39. The van der Waals surface area contributed by atoms with Gasteiger partial charge in [-0.3, -0.25) is 4.79 Å². The van der Waals surface area contributed by atoms with Crippen molar-refractivity contribution in [1.82, 2.24) is 0 Å². The number of benzene rings is 2. The second kappa shape index (κ2) is 6.61. The number of hydrogen-bond acceptors (Lipinski definition) is 1. The number of nitrogens with two attached hydrogens (primary N) is 1. The number of carbonyl (C=O) groups excluding carboxylic acids is 1. The van der Waals surface area contributed by atoms with Crippen molar-refractivity contribution in [2.24, 2.45) is 5.73 Å². The molecule has 0 unspecified atom stereocenters. The molecular formula is C17H13F2NO. The Kier molecular flexibility index (Phi) is 4.61. The normalized spacial score (nSPS) is 10.6. The molecule has 0 bridgehead atoms. The summed E-state index contributed by atoms with van der Waals surface area (Å²) in [6, 6.07) is 11.8. The van der Waals surface area contributed by atoms with Gasteiger partial charge in [0.1, 0.15) is 11.6 Å². The summed E-state index contributed by atoms with van der Waals surface area (Å²) in [7, 11) is 0. The van der Waals surface area contributed by atoms with Gasteiger partial charge in [0.05, 0.1) is 0 Å². The number of primary amides is 1. The van der Waals surface area contributed by atoms with E-state index in [9.17, 15) is 13.6 Å². The van der Waals surface area contributed by atoms with Gasteiger partial charge in [0.25, 0.3) is 0 Å². The van der Waals surface area contributed by atoms with Gasteiger partial charge in [0.2, 0.25) is 5.91 Å².